The predicted octanol–water partition coefficient (Wildman–Crippen LogP) is 1.48. The molecule has 0 saturated heterocycles. The molecule has 0 saturated carbocycles. The van der Waals surface area contributed by atoms with E-state index in [1.54, 1.807) is 19.9 Å². The lowest BCUT2D eigenvalue weighted by atomic mass is 9.72. The highest BCUT2D eigenvalue weighted by molar-refractivity contribution is 6.47. The topological polar surface area (TPSA) is 111 Å². The maximum absolute atomic E-state index is 13.5. The second-order valence-corrected chi connectivity index (χ2v) is 6.81. The molecule has 11 heteroatoms. The number of fused-ring (bicyclic) bond motifs is 1. The Labute approximate surface area is 166 Å². The summed E-state index contributed by atoms with van der Waals surface area (Å²) in [5, 5.41) is 12.2. The van der Waals surface area contributed by atoms with Crippen molar-refractivity contribution >= 4 is 25.0 Å². The van der Waals surface area contributed by atoms with Crippen LogP contribution in [0.4, 0.5) is 8.78 Å². The summed E-state index contributed by atoms with van der Waals surface area (Å²) in [6, 6.07) is 4.45. The Kier molecular flexibility index (Phi) is 7.18. The molecule has 0 bridgehead atoms. The number of amides is 1. The highest BCUT2D eigenvalue weighted by Crippen LogP contribution is 2.31. The van der Waals surface area contributed by atoms with Gasteiger partial charge < -0.3 is 24.5 Å². The molecule has 1 heterocycles. The van der Waals surface area contributed by atoms with Gasteiger partial charge in [0, 0.05) is 6.42 Å². The lowest BCUT2D eigenvalue weighted by molar-refractivity contribution is -0.155. The van der Waals surface area contributed by atoms with Crippen molar-refractivity contribution in [2.24, 2.45) is 5.92 Å². The molecule has 8 nitrogen and oxygen atoms in total. The number of carbonyl (C=O) groups is 3. The summed E-state index contributed by atoms with van der Waals surface area (Å²) in [5.41, 5.74) is 0.375. The van der Waals surface area contributed by atoms with Crippen LogP contribution >= 0.6 is 0 Å². The molecule has 158 valence electrons. The van der Waals surface area contributed by atoms with Gasteiger partial charge in [0.05, 0.1) is 11.9 Å². The van der Waals surface area contributed by atoms with Crippen molar-refractivity contribution in [3.63, 3.8) is 0 Å². The van der Waals surface area contributed by atoms with Crippen molar-refractivity contribution in [2.45, 2.75) is 45.5 Å². The third kappa shape index (κ3) is 5.44. The zero-order chi connectivity index (χ0) is 21.8. The zero-order valence-corrected chi connectivity index (χ0v) is 16.2. The molecular weight excluding hydrogens is 391 g/mol. The summed E-state index contributed by atoms with van der Waals surface area (Å²) in [4.78, 5) is 35.3. The molecule has 0 aromatic heterocycles. The number of esters is 2. The fourth-order valence-electron chi connectivity index (χ4n) is 2.53. The summed E-state index contributed by atoms with van der Waals surface area (Å²) >= 11 is 0. The zero-order valence-electron chi connectivity index (χ0n) is 16.2. The van der Waals surface area contributed by atoms with Crippen molar-refractivity contribution in [3.8, 4) is 5.75 Å². The van der Waals surface area contributed by atoms with E-state index in [0.29, 0.717) is 5.56 Å². The Morgan fingerprint density at radius 1 is 1.34 bits per heavy atom. The lowest BCUT2D eigenvalue weighted by Crippen LogP contribution is -2.56. The minimum atomic E-state index is -3.57. The van der Waals surface area contributed by atoms with Gasteiger partial charge in [0.2, 0.25) is 6.79 Å². The molecule has 2 N–H and O–H groups in total. The van der Waals surface area contributed by atoms with Gasteiger partial charge in [-0.1, -0.05) is 32.9 Å². The maximum atomic E-state index is 13.5. The smallest absolute Gasteiger partial charge is 0.534 e. The molecule has 1 atom stereocenters. The number of carbonyl (C=O) groups excluding carboxylic acids is 3. The largest absolute Gasteiger partial charge is 0.547 e. The van der Waals surface area contributed by atoms with Crippen molar-refractivity contribution in [1.82, 2.24) is 5.32 Å². The Morgan fingerprint density at radius 3 is 2.66 bits per heavy atom. The average Bonchev–Trinajstić information content (AvgIpc) is 2.67. The fourth-order valence-corrected chi connectivity index (χ4v) is 2.53. The normalized spacial score (nSPS) is 16.0. The van der Waals surface area contributed by atoms with E-state index >= 15 is 0 Å². The van der Waals surface area contributed by atoms with Crippen LogP contribution in [0.2, 0.25) is 0 Å². The van der Waals surface area contributed by atoms with E-state index in [0.717, 1.165) is 0 Å². The SMILES string of the molecule is CCC(F)(F)C(=O)N[C@H]1Cc2cccc(C(=O)OCOC(=O)C(C)C)c2OB1O. The number of hydrogen-bond donors (Lipinski definition) is 2. The second kappa shape index (κ2) is 9.21. The Morgan fingerprint density at radius 2 is 2.03 bits per heavy atom. The van der Waals surface area contributed by atoms with Crippen LogP contribution < -0.4 is 9.97 Å². The van der Waals surface area contributed by atoms with E-state index in [-0.39, 0.29) is 23.7 Å². The number of alkyl halides is 2. The number of hydrogen-bond acceptors (Lipinski definition) is 7. The number of nitrogens with one attached hydrogen (secondary N) is 1. The summed E-state index contributed by atoms with van der Waals surface area (Å²) in [6.45, 7) is 3.82. The first kappa shape index (κ1) is 22.6. The van der Waals surface area contributed by atoms with Gasteiger partial charge in [-0.05, 0) is 18.1 Å². The molecule has 1 aliphatic rings. The van der Waals surface area contributed by atoms with Crippen LogP contribution in [-0.4, -0.2) is 48.6 Å². The number of halogens is 2. The first-order chi connectivity index (χ1) is 13.6. The van der Waals surface area contributed by atoms with Crippen LogP contribution in [0.15, 0.2) is 18.2 Å². The molecule has 0 unspecified atom stereocenters. The maximum Gasteiger partial charge on any atom is 0.547 e. The Hall–Kier alpha value is -2.69. The van der Waals surface area contributed by atoms with Gasteiger partial charge in [0.1, 0.15) is 11.3 Å². The molecule has 1 amide bonds. The van der Waals surface area contributed by atoms with E-state index in [2.05, 4.69) is 5.32 Å². The van der Waals surface area contributed by atoms with Crippen molar-refractivity contribution in [2.75, 3.05) is 6.79 Å². The molecule has 0 radical (unpaired) electrons. The molecule has 0 fully saturated rings. The molecule has 0 spiro atoms. The molecule has 1 aliphatic heterocycles. The quantitative estimate of drug-likeness (QED) is 0.396. The standard InChI is InChI=1S/C18H22BF2NO7/c1-4-18(20,21)17(25)22-13-8-11-6-5-7-12(14(11)29-19(13)26)16(24)28-9-27-15(23)10(2)3/h5-7,10,13,26H,4,8-9H2,1-3H3,(H,22,25)/t13-/m0/s1. The van der Waals surface area contributed by atoms with Crippen LogP contribution in [0.25, 0.3) is 0 Å². The van der Waals surface area contributed by atoms with Crippen LogP contribution in [0, 0.1) is 5.92 Å². The highest BCUT2D eigenvalue weighted by Gasteiger charge is 2.43. The Balaban J connectivity index is 2.08. The summed E-state index contributed by atoms with van der Waals surface area (Å²) in [5.74, 6) is -7.98. The lowest BCUT2D eigenvalue weighted by Gasteiger charge is -2.30. The molecule has 0 aliphatic carbocycles. The highest BCUT2D eigenvalue weighted by atomic mass is 19.3. The minimum absolute atomic E-state index is 0.00735. The predicted molar refractivity (Wildman–Crippen MR) is 97.1 cm³/mol. The van der Waals surface area contributed by atoms with Crippen molar-refractivity contribution in [3.05, 3.63) is 29.3 Å². The second-order valence-electron chi connectivity index (χ2n) is 6.81. The first-order valence-corrected chi connectivity index (χ1v) is 9.06. The van der Waals surface area contributed by atoms with Gasteiger partial charge in [0.15, 0.2) is 0 Å². The summed E-state index contributed by atoms with van der Waals surface area (Å²) in [7, 11) is -1.65. The van der Waals surface area contributed by atoms with Gasteiger partial charge in [-0.2, -0.15) is 8.78 Å². The fraction of sp³-hybridized carbons (Fsp3) is 0.500. The van der Waals surface area contributed by atoms with Crippen molar-refractivity contribution in [1.29, 1.82) is 0 Å². The number of benzene rings is 1. The first-order valence-electron chi connectivity index (χ1n) is 9.06. The molecule has 1 aromatic carbocycles. The summed E-state index contributed by atoms with van der Waals surface area (Å²) in [6.07, 6.45) is -0.720. The van der Waals surface area contributed by atoms with E-state index in [9.17, 15) is 28.2 Å². The van der Waals surface area contributed by atoms with Crippen LogP contribution in [0.5, 0.6) is 5.75 Å². The third-order valence-corrected chi connectivity index (χ3v) is 4.29. The number of para-hydroxylation sites is 1. The van der Waals surface area contributed by atoms with Gasteiger partial charge in [0.25, 0.3) is 5.91 Å². The van der Waals surface area contributed by atoms with Crippen LogP contribution in [0.3, 0.4) is 0 Å². The van der Waals surface area contributed by atoms with E-state index < -0.39 is 50.0 Å². The van der Waals surface area contributed by atoms with Crippen molar-refractivity contribution < 1.29 is 42.3 Å². The van der Waals surface area contributed by atoms with Gasteiger partial charge >= 0.3 is 25.0 Å². The molecular formula is C18H22BF2NO7. The van der Waals surface area contributed by atoms with Crippen LogP contribution in [-0.2, 0) is 25.5 Å². The van der Waals surface area contributed by atoms with Gasteiger partial charge in [-0.25, -0.2) is 4.79 Å². The minimum Gasteiger partial charge on any atom is -0.534 e. The van der Waals surface area contributed by atoms with E-state index in [1.807, 2.05) is 0 Å². The van der Waals surface area contributed by atoms with E-state index in [1.165, 1.54) is 19.1 Å². The van der Waals surface area contributed by atoms with E-state index in [4.69, 9.17) is 14.1 Å². The van der Waals surface area contributed by atoms with Gasteiger partial charge in [-0.3, -0.25) is 9.59 Å². The average molecular weight is 413 g/mol. The number of ether oxygens (including phenoxy) is 2. The monoisotopic (exact) mass is 413 g/mol. The summed E-state index contributed by atoms with van der Waals surface area (Å²) < 4.78 is 41.9. The molecule has 1 aromatic rings. The molecule has 29 heavy (non-hydrogen) atoms. The third-order valence-electron chi connectivity index (χ3n) is 4.29. The molecule has 2 rings (SSSR count). The number of rotatable bonds is 7. The Bertz CT molecular complexity index is 787. The van der Waals surface area contributed by atoms with Crippen LogP contribution in [0.1, 0.15) is 43.1 Å². The van der Waals surface area contributed by atoms with Gasteiger partial charge in [-0.15, -0.1) is 0 Å².